The molecule has 2 aromatic carbocycles. The van der Waals surface area contributed by atoms with Gasteiger partial charge in [0.05, 0.1) is 28.4 Å². The molecule has 0 bridgehead atoms. The van der Waals surface area contributed by atoms with Crippen molar-refractivity contribution in [2.45, 2.75) is 18.7 Å². The number of ether oxygens (including phenoxy) is 1. The van der Waals surface area contributed by atoms with Crippen LogP contribution < -0.4 is 5.32 Å². The van der Waals surface area contributed by atoms with E-state index in [0.29, 0.717) is 11.3 Å². The van der Waals surface area contributed by atoms with E-state index in [1.54, 1.807) is 37.3 Å². The van der Waals surface area contributed by atoms with E-state index in [0.717, 1.165) is 0 Å². The van der Waals surface area contributed by atoms with Crippen LogP contribution in [-0.4, -0.2) is 32.7 Å². The van der Waals surface area contributed by atoms with Gasteiger partial charge in [-0.2, -0.15) is 0 Å². The normalized spacial score (nSPS) is 11.0. The second kappa shape index (κ2) is 7.94. The molecule has 0 aliphatic heterocycles. The second-order valence-electron chi connectivity index (χ2n) is 5.15. The van der Waals surface area contributed by atoms with Gasteiger partial charge in [0.2, 0.25) is 0 Å². The molecule has 0 saturated carbocycles. The van der Waals surface area contributed by atoms with Crippen LogP contribution in [0.4, 0.5) is 5.69 Å². The molecule has 0 fully saturated rings. The smallest absolute Gasteiger partial charge is 0.338 e. The molecular formula is C18H19NO5S. The van der Waals surface area contributed by atoms with Crippen molar-refractivity contribution in [2.75, 3.05) is 17.7 Å². The number of esters is 1. The number of nitrogens with one attached hydrogen (secondary N) is 1. The zero-order chi connectivity index (χ0) is 18.4. The molecule has 0 aromatic heterocycles. The monoisotopic (exact) mass is 361 g/mol. The van der Waals surface area contributed by atoms with E-state index in [4.69, 9.17) is 4.74 Å². The lowest BCUT2D eigenvalue weighted by molar-refractivity contribution is 0.0526. The van der Waals surface area contributed by atoms with Crippen LogP contribution in [0.15, 0.2) is 53.4 Å². The quantitative estimate of drug-likeness (QED) is 0.799. The highest BCUT2D eigenvalue weighted by atomic mass is 32.2. The van der Waals surface area contributed by atoms with Crippen LogP contribution in [0.2, 0.25) is 0 Å². The Morgan fingerprint density at radius 3 is 2.44 bits per heavy atom. The van der Waals surface area contributed by atoms with Crippen LogP contribution in [0, 0.1) is 0 Å². The Labute approximate surface area is 146 Å². The fraction of sp³-hybridized carbons (Fsp3) is 0.222. The Bertz CT molecular complexity index is 890. The van der Waals surface area contributed by atoms with Gasteiger partial charge in [0, 0.05) is 5.69 Å². The Kier molecular flexibility index (Phi) is 5.93. The van der Waals surface area contributed by atoms with E-state index in [9.17, 15) is 18.0 Å². The summed E-state index contributed by atoms with van der Waals surface area (Å²) in [7, 11) is -3.53. The number of rotatable bonds is 6. The molecule has 0 spiro atoms. The fourth-order valence-corrected chi connectivity index (χ4v) is 3.31. The summed E-state index contributed by atoms with van der Waals surface area (Å²) in [5, 5.41) is 2.62. The van der Waals surface area contributed by atoms with Gasteiger partial charge in [0.15, 0.2) is 9.84 Å². The summed E-state index contributed by atoms with van der Waals surface area (Å²) in [5.74, 6) is -1.16. The number of benzene rings is 2. The van der Waals surface area contributed by atoms with Crippen molar-refractivity contribution in [3.8, 4) is 0 Å². The van der Waals surface area contributed by atoms with E-state index < -0.39 is 21.7 Å². The molecule has 0 saturated heterocycles. The van der Waals surface area contributed by atoms with Crippen molar-refractivity contribution in [3.05, 3.63) is 59.7 Å². The molecule has 7 heteroatoms. The third-order valence-electron chi connectivity index (χ3n) is 3.48. The van der Waals surface area contributed by atoms with Crippen molar-refractivity contribution in [2.24, 2.45) is 0 Å². The molecule has 132 valence electrons. The molecule has 0 unspecified atom stereocenters. The van der Waals surface area contributed by atoms with Crippen molar-refractivity contribution < 1.29 is 22.7 Å². The SMILES string of the molecule is CCOC(=O)c1cccc(NC(=O)c2ccccc2S(=O)(=O)CC)c1. The van der Waals surface area contributed by atoms with Gasteiger partial charge in [-0.05, 0) is 37.3 Å². The number of hydrogen-bond acceptors (Lipinski definition) is 5. The van der Waals surface area contributed by atoms with E-state index in [1.807, 2.05) is 0 Å². The van der Waals surface area contributed by atoms with Crippen molar-refractivity contribution in [1.29, 1.82) is 0 Å². The van der Waals surface area contributed by atoms with E-state index in [2.05, 4.69) is 5.32 Å². The highest BCUT2D eigenvalue weighted by Gasteiger charge is 2.20. The lowest BCUT2D eigenvalue weighted by Gasteiger charge is -2.11. The van der Waals surface area contributed by atoms with Crippen LogP contribution in [-0.2, 0) is 14.6 Å². The molecule has 6 nitrogen and oxygen atoms in total. The first-order chi connectivity index (χ1) is 11.9. The molecule has 0 aliphatic carbocycles. The predicted octanol–water partition coefficient (Wildman–Crippen LogP) is 2.91. The average molecular weight is 361 g/mol. The maximum atomic E-state index is 12.5. The first-order valence-electron chi connectivity index (χ1n) is 7.79. The maximum Gasteiger partial charge on any atom is 0.338 e. The van der Waals surface area contributed by atoms with E-state index in [-0.39, 0.29) is 22.8 Å². The van der Waals surface area contributed by atoms with Gasteiger partial charge >= 0.3 is 5.97 Å². The van der Waals surface area contributed by atoms with E-state index in [1.165, 1.54) is 25.1 Å². The van der Waals surface area contributed by atoms with Gasteiger partial charge in [-0.25, -0.2) is 13.2 Å². The van der Waals surface area contributed by atoms with Gasteiger partial charge in [0.1, 0.15) is 0 Å². The Morgan fingerprint density at radius 1 is 1.04 bits per heavy atom. The first-order valence-corrected chi connectivity index (χ1v) is 9.44. The minimum atomic E-state index is -3.53. The molecule has 0 atom stereocenters. The van der Waals surface area contributed by atoms with Crippen LogP contribution >= 0.6 is 0 Å². The van der Waals surface area contributed by atoms with Gasteiger partial charge in [-0.15, -0.1) is 0 Å². The molecule has 0 radical (unpaired) electrons. The van der Waals surface area contributed by atoms with Gasteiger partial charge in [0.25, 0.3) is 5.91 Å². The highest BCUT2D eigenvalue weighted by molar-refractivity contribution is 7.91. The zero-order valence-electron chi connectivity index (χ0n) is 14.0. The Balaban J connectivity index is 2.30. The lowest BCUT2D eigenvalue weighted by atomic mass is 10.1. The van der Waals surface area contributed by atoms with Crippen molar-refractivity contribution in [3.63, 3.8) is 0 Å². The van der Waals surface area contributed by atoms with Gasteiger partial charge in [-0.1, -0.05) is 25.1 Å². The predicted molar refractivity (Wildman–Crippen MR) is 94.5 cm³/mol. The number of amides is 1. The molecule has 2 rings (SSSR count). The van der Waals surface area contributed by atoms with Crippen molar-refractivity contribution in [1.82, 2.24) is 0 Å². The third-order valence-corrected chi connectivity index (χ3v) is 5.26. The van der Waals surface area contributed by atoms with Gasteiger partial charge in [-0.3, -0.25) is 4.79 Å². The summed E-state index contributed by atoms with van der Waals surface area (Å²) < 4.78 is 29.2. The summed E-state index contributed by atoms with van der Waals surface area (Å²) in [4.78, 5) is 24.3. The molecule has 0 heterocycles. The molecule has 2 aromatic rings. The number of carbonyl (C=O) groups excluding carboxylic acids is 2. The summed E-state index contributed by atoms with van der Waals surface area (Å²) in [6.07, 6.45) is 0. The standard InChI is InChI=1S/C18H19NO5S/c1-3-24-18(21)13-8-7-9-14(12-13)19-17(20)15-10-5-6-11-16(15)25(22,23)4-2/h5-12H,3-4H2,1-2H3,(H,19,20). The Hall–Kier alpha value is -2.67. The number of carbonyl (C=O) groups is 2. The minimum Gasteiger partial charge on any atom is -0.462 e. The summed E-state index contributed by atoms with van der Waals surface area (Å²) in [5.41, 5.74) is 0.735. The number of anilines is 1. The highest BCUT2D eigenvalue weighted by Crippen LogP contribution is 2.19. The Morgan fingerprint density at radius 2 is 1.76 bits per heavy atom. The molecular weight excluding hydrogens is 342 g/mol. The molecule has 1 amide bonds. The fourth-order valence-electron chi connectivity index (χ4n) is 2.22. The topological polar surface area (TPSA) is 89.5 Å². The van der Waals surface area contributed by atoms with Crippen LogP contribution in [0.5, 0.6) is 0 Å². The summed E-state index contributed by atoms with van der Waals surface area (Å²) >= 11 is 0. The van der Waals surface area contributed by atoms with Crippen molar-refractivity contribution >= 4 is 27.4 Å². The molecule has 25 heavy (non-hydrogen) atoms. The maximum absolute atomic E-state index is 12.5. The number of hydrogen-bond donors (Lipinski definition) is 1. The lowest BCUT2D eigenvalue weighted by Crippen LogP contribution is -2.17. The average Bonchev–Trinajstić information content (AvgIpc) is 2.62. The number of sulfone groups is 1. The first kappa shape index (κ1) is 18.7. The second-order valence-corrected chi connectivity index (χ2v) is 7.40. The van der Waals surface area contributed by atoms with Gasteiger partial charge < -0.3 is 10.1 Å². The van der Waals surface area contributed by atoms with E-state index >= 15 is 0 Å². The summed E-state index contributed by atoms with van der Waals surface area (Å²) in [6, 6.07) is 12.3. The van der Waals surface area contributed by atoms with Crippen LogP contribution in [0.25, 0.3) is 0 Å². The van der Waals surface area contributed by atoms with Crippen LogP contribution in [0.1, 0.15) is 34.6 Å². The minimum absolute atomic E-state index is 0.0171. The van der Waals surface area contributed by atoms with Crippen LogP contribution in [0.3, 0.4) is 0 Å². The summed E-state index contributed by atoms with van der Waals surface area (Å²) in [6.45, 7) is 3.47. The molecule has 0 aliphatic rings. The third kappa shape index (κ3) is 4.45. The molecule has 1 N–H and O–H groups in total. The zero-order valence-corrected chi connectivity index (χ0v) is 14.8. The largest absolute Gasteiger partial charge is 0.462 e.